The molecule has 0 aromatic carbocycles. The van der Waals surface area contributed by atoms with Gasteiger partial charge in [-0.1, -0.05) is 18.2 Å². The van der Waals surface area contributed by atoms with E-state index in [1.54, 1.807) is 0 Å². The largest absolute Gasteiger partial charge is 0.457 e. The highest BCUT2D eigenvalue weighted by molar-refractivity contribution is 5.77. The minimum Gasteiger partial charge on any atom is -0.457 e. The van der Waals surface area contributed by atoms with Crippen molar-refractivity contribution in [1.29, 1.82) is 0 Å². The molecule has 0 aromatic heterocycles. The quantitative estimate of drug-likeness (QED) is 0.447. The zero-order chi connectivity index (χ0) is 10.3. The first-order valence-corrected chi connectivity index (χ1v) is 5.90. The molecule has 1 saturated heterocycles. The molecule has 2 bridgehead atoms. The summed E-state index contributed by atoms with van der Waals surface area (Å²) in [6, 6.07) is 0. The topological polar surface area (TPSA) is 26.3 Å². The van der Waals surface area contributed by atoms with Gasteiger partial charge in [-0.05, 0) is 37.7 Å². The van der Waals surface area contributed by atoms with E-state index >= 15 is 0 Å². The molecule has 2 aliphatic heterocycles. The number of rotatable bonds is 0. The summed E-state index contributed by atoms with van der Waals surface area (Å²) in [6.07, 6.45) is 13.3. The number of ether oxygens (including phenoxy) is 1. The molecule has 4 rings (SSSR count). The van der Waals surface area contributed by atoms with Gasteiger partial charge in [-0.3, -0.25) is 4.79 Å². The molecule has 4 unspecified atom stereocenters. The second-order valence-electron chi connectivity index (χ2n) is 4.77. The van der Waals surface area contributed by atoms with Crippen molar-refractivity contribution in [3.05, 3.63) is 24.3 Å². The van der Waals surface area contributed by atoms with E-state index in [0.717, 1.165) is 19.3 Å². The van der Waals surface area contributed by atoms with Gasteiger partial charge < -0.3 is 4.74 Å². The van der Waals surface area contributed by atoms with Crippen molar-refractivity contribution in [2.24, 2.45) is 17.8 Å². The summed E-state index contributed by atoms with van der Waals surface area (Å²) in [5.74, 6) is 1.16. The second kappa shape index (κ2) is 3.51. The molecular weight excluding hydrogens is 188 g/mol. The molecule has 2 nitrogen and oxygen atoms in total. The van der Waals surface area contributed by atoms with Crippen LogP contribution in [0.5, 0.6) is 0 Å². The van der Waals surface area contributed by atoms with E-state index in [1.807, 2.05) is 0 Å². The van der Waals surface area contributed by atoms with Gasteiger partial charge in [0.2, 0.25) is 0 Å². The van der Waals surface area contributed by atoms with E-state index in [1.165, 1.54) is 6.42 Å². The van der Waals surface area contributed by atoms with E-state index < -0.39 is 0 Å². The maximum atomic E-state index is 11.6. The molecule has 0 saturated carbocycles. The molecule has 4 atom stereocenters. The van der Waals surface area contributed by atoms with Gasteiger partial charge in [-0.2, -0.15) is 0 Å². The third kappa shape index (κ3) is 1.43. The molecule has 2 heteroatoms. The van der Waals surface area contributed by atoms with Gasteiger partial charge in [0.1, 0.15) is 6.10 Å². The lowest BCUT2D eigenvalue weighted by Crippen LogP contribution is -2.47. The molecule has 0 amide bonds. The van der Waals surface area contributed by atoms with Crippen LogP contribution < -0.4 is 0 Å². The van der Waals surface area contributed by atoms with Gasteiger partial charge in [0.05, 0.1) is 5.92 Å². The number of hydrogen-bond donors (Lipinski definition) is 0. The Morgan fingerprint density at radius 1 is 1.07 bits per heavy atom. The first-order chi connectivity index (χ1) is 7.36. The number of esters is 1. The lowest BCUT2D eigenvalue weighted by molar-refractivity contribution is -0.168. The van der Waals surface area contributed by atoms with Gasteiger partial charge in [-0.25, -0.2) is 0 Å². The standard InChI is InChI=1S/C13H16O2/c14-13-11-7-8-12(15-13)10-6-4-2-1-3-5-9(10)11/h1-2,7-12H,3-6H2/b2-1-. The van der Waals surface area contributed by atoms with Gasteiger partial charge in [-0.15, -0.1) is 0 Å². The van der Waals surface area contributed by atoms with Gasteiger partial charge >= 0.3 is 5.97 Å². The Hall–Kier alpha value is -1.05. The Labute approximate surface area is 90.0 Å². The fraction of sp³-hybridized carbons (Fsp3) is 0.615. The van der Waals surface area contributed by atoms with Crippen LogP contribution in [0.4, 0.5) is 0 Å². The fourth-order valence-corrected chi connectivity index (χ4v) is 3.20. The third-order valence-corrected chi connectivity index (χ3v) is 3.97. The Morgan fingerprint density at radius 2 is 1.80 bits per heavy atom. The Bertz CT molecular complexity index is 329. The highest BCUT2D eigenvalue weighted by Gasteiger charge is 2.46. The van der Waals surface area contributed by atoms with E-state index in [-0.39, 0.29) is 18.0 Å². The lowest BCUT2D eigenvalue weighted by Gasteiger charge is -2.44. The van der Waals surface area contributed by atoms with Crippen LogP contribution in [0.3, 0.4) is 0 Å². The second-order valence-corrected chi connectivity index (χ2v) is 4.77. The van der Waals surface area contributed by atoms with Crippen LogP contribution in [-0.4, -0.2) is 12.1 Å². The zero-order valence-electron chi connectivity index (χ0n) is 8.76. The molecule has 4 aliphatic rings. The minimum absolute atomic E-state index is 0.00769. The zero-order valence-corrected chi connectivity index (χ0v) is 8.76. The molecule has 0 N–H and O–H groups in total. The van der Waals surface area contributed by atoms with Crippen molar-refractivity contribution in [2.45, 2.75) is 31.8 Å². The summed E-state index contributed by atoms with van der Waals surface area (Å²) < 4.78 is 5.40. The van der Waals surface area contributed by atoms with Crippen LogP contribution in [0.1, 0.15) is 25.7 Å². The molecule has 15 heavy (non-hydrogen) atoms. The summed E-state index contributed by atoms with van der Waals surface area (Å²) in [4.78, 5) is 11.6. The SMILES string of the molecule is O=C1OC2C=CC1C1CC/C=C\CCC21. The monoisotopic (exact) mass is 204 g/mol. The Balaban J connectivity index is 1.90. The van der Waals surface area contributed by atoms with Crippen LogP contribution in [0, 0.1) is 17.8 Å². The summed E-state index contributed by atoms with van der Waals surface area (Å²) in [7, 11) is 0. The van der Waals surface area contributed by atoms with E-state index in [9.17, 15) is 4.79 Å². The van der Waals surface area contributed by atoms with Gasteiger partial charge in [0.15, 0.2) is 0 Å². The maximum absolute atomic E-state index is 11.6. The minimum atomic E-state index is 0.00769. The molecular formula is C13H16O2. The normalized spacial score (nSPS) is 45.2. The number of carbonyl (C=O) groups is 1. The summed E-state index contributed by atoms with van der Waals surface area (Å²) in [6.45, 7) is 0. The first-order valence-electron chi connectivity index (χ1n) is 5.90. The fourth-order valence-electron chi connectivity index (χ4n) is 3.20. The smallest absolute Gasteiger partial charge is 0.313 e. The average Bonchev–Trinajstić information content (AvgIpc) is 2.18. The van der Waals surface area contributed by atoms with Gasteiger partial charge in [0.25, 0.3) is 0 Å². The van der Waals surface area contributed by atoms with Crippen LogP contribution in [0.2, 0.25) is 0 Å². The van der Waals surface area contributed by atoms with Crippen molar-refractivity contribution >= 4 is 5.97 Å². The molecule has 2 aliphatic carbocycles. The summed E-state index contributed by atoms with van der Waals surface area (Å²) >= 11 is 0. The van der Waals surface area contributed by atoms with E-state index in [0.29, 0.717) is 11.8 Å². The lowest BCUT2D eigenvalue weighted by atomic mass is 9.68. The number of carbonyl (C=O) groups excluding carboxylic acids is 1. The highest BCUT2D eigenvalue weighted by atomic mass is 16.5. The summed E-state index contributed by atoms with van der Waals surface area (Å²) in [5.41, 5.74) is 0. The highest BCUT2D eigenvalue weighted by Crippen LogP contribution is 2.43. The Kier molecular flexibility index (Phi) is 2.15. The van der Waals surface area contributed by atoms with Crippen LogP contribution in [-0.2, 0) is 9.53 Å². The molecule has 2 heterocycles. The van der Waals surface area contributed by atoms with Crippen molar-refractivity contribution in [3.63, 3.8) is 0 Å². The van der Waals surface area contributed by atoms with Crippen molar-refractivity contribution in [3.8, 4) is 0 Å². The first kappa shape index (κ1) is 9.20. The molecule has 0 radical (unpaired) electrons. The summed E-state index contributed by atoms with van der Waals surface area (Å²) in [5, 5.41) is 0. The van der Waals surface area contributed by atoms with Crippen LogP contribution >= 0.6 is 0 Å². The molecule has 1 fully saturated rings. The number of fused-ring (bicyclic) bond motifs is 1. The van der Waals surface area contributed by atoms with Crippen molar-refractivity contribution in [1.82, 2.24) is 0 Å². The average molecular weight is 204 g/mol. The van der Waals surface area contributed by atoms with E-state index in [2.05, 4.69) is 24.3 Å². The predicted molar refractivity (Wildman–Crippen MR) is 57.1 cm³/mol. The maximum Gasteiger partial charge on any atom is 0.313 e. The van der Waals surface area contributed by atoms with Crippen molar-refractivity contribution in [2.75, 3.05) is 0 Å². The van der Waals surface area contributed by atoms with Gasteiger partial charge in [0, 0.05) is 5.92 Å². The van der Waals surface area contributed by atoms with Crippen molar-refractivity contribution < 1.29 is 9.53 Å². The molecule has 0 spiro atoms. The van der Waals surface area contributed by atoms with Crippen LogP contribution in [0.15, 0.2) is 24.3 Å². The van der Waals surface area contributed by atoms with Crippen LogP contribution in [0.25, 0.3) is 0 Å². The predicted octanol–water partition coefficient (Wildman–Crippen LogP) is 2.46. The molecule has 80 valence electrons. The molecule has 0 aromatic rings. The Morgan fingerprint density at radius 3 is 2.53 bits per heavy atom. The number of hydrogen-bond acceptors (Lipinski definition) is 2. The number of allylic oxidation sites excluding steroid dienone is 2. The van der Waals surface area contributed by atoms with E-state index in [4.69, 9.17) is 4.74 Å². The third-order valence-electron chi connectivity index (χ3n) is 3.97.